The number of ether oxygens (including phenoxy) is 1. The van der Waals surface area contributed by atoms with Crippen molar-refractivity contribution >= 4 is 11.8 Å². The van der Waals surface area contributed by atoms with E-state index in [0.717, 1.165) is 29.7 Å². The molecule has 0 spiro atoms. The van der Waals surface area contributed by atoms with Gasteiger partial charge < -0.3 is 20.1 Å². The van der Waals surface area contributed by atoms with Gasteiger partial charge in [-0.25, -0.2) is 4.39 Å². The minimum atomic E-state index is -0.403. The second-order valence-corrected chi connectivity index (χ2v) is 8.94. The number of halogens is 1. The summed E-state index contributed by atoms with van der Waals surface area (Å²) in [7, 11) is 0. The molecule has 7 heteroatoms. The first-order chi connectivity index (χ1) is 16.9. The minimum Gasteiger partial charge on any atom is -0.486 e. The zero-order valence-corrected chi connectivity index (χ0v) is 20.5. The van der Waals surface area contributed by atoms with Crippen molar-refractivity contribution in [1.29, 1.82) is 0 Å². The van der Waals surface area contributed by atoms with E-state index in [4.69, 9.17) is 9.84 Å². The molecule has 3 rings (SSSR count). The summed E-state index contributed by atoms with van der Waals surface area (Å²) < 4.78 is 19.8. The van der Waals surface area contributed by atoms with Gasteiger partial charge in [0.15, 0.2) is 0 Å². The van der Waals surface area contributed by atoms with Crippen molar-refractivity contribution in [2.24, 2.45) is 0 Å². The van der Waals surface area contributed by atoms with Crippen LogP contribution in [0.25, 0.3) is 0 Å². The first kappa shape index (κ1) is 26.4. The molecule has 0 radical (unpaired) electrons. The quantitative estimate of drug-likeness (QED) is 0.501. The summed E-state index contributed by atoms with van der Waals surface area (Å²) in [5, 5.41) is 11.9. The Bertz CT molecular complexity index is 1020. The highest BCUT2D eigenvalue weighted by atomic mass is 19.1. The Morgan fingerprint density at radius 2 is 1.91 bits per heavy atom. The van der Waals surface area contributed by atoms with E-state index in [1.165, 1.54) is 12.1 Å². The van der Waals surface area contributed by atoms with Gasteiger partial charge in [-0.15, -0.1) is 0 Å². The molecule has 0 heterocycles. The van der Waals surface area contributed by atoms with Crippen LogP contribution in [-0.4, -0.2) is 47.1 Å². The van der Waals surface area contributed by atoms with Crippen LogP contribution in [0.5, 0.6) is 5.75 Å². The normalized spacial score (nSPS) is 17.4. The molecule has 2 unspecified atom stereocenters. The van der Waals surface area contributed by atoms with Gasteiger partial charge in [-0.3, -0.25) is 9.59 Å². The maximum atomic E-state index is 13.5. The van der Waals surface area contributed by atoms with Gasteiger partial charge in [0, 0.05) is 37.5 Å². The molecule has 0 saturated carbocycles. The van der Waals surface area contributed by atoms with Crippen LogP contribution in [-0.2, 0) is 16.1 Å². The largest absolute Gasteiger partial charge is 0.486 e. The molecule has 6 nitrogen and oxygen atoms in total. The lowest BCUT2D eigenvalue weighted by molar-refractivity contribution is -0.135. The van der Waals surface area contributed by atoms with E-state index in [1.807, 2.05) is 49.1 Å². The fraction of sp³-hybridized carbons (Fsp3) is 0.429. The number of aliphatic hydroxyl groups is 1. The zero-order valence-electron chi connectivity index (χ0n) is 20.5. The van der Waals surface area contributed by atoms with Crippen LogP contribution in [0.1, 0.15) is 50.2 Å². The second-order valence-electron chi connectivity index (χ2n) is 8.94. The molecule has 0 aliphatic heterocycles. The molecule has 0 fully saturated rings. The van der Waals surface area contributed by atoms with Crippen molar-refractivity contribution in [1.82, 2.24) is 10.2 Å². The van der Waals surface area contributed by atoms with E-state index in [-0.39, 0.29) is 36.8 Å². The number of nitrogens with zero attached hydrogens (tertiary/aromatic N) is 1. The molecule has 0 saturated heterocycles. The Morgan fingerprint density at radius 3 is 2.60 bits per heavy atom. The molecular weight excluding hydrogens is 447 g/mol. The summed E-state index contributed by atoms with van der Waals surface area (Å²) in [6.45, 7) is 4.33. The fourth-order valence-electron chi connectivity index (χ4n) is 4.27. The Hall–Kier alpha value is -3.19. The molecule has 35 heavy (non-hydrogen) atoms. The summed E-state index contributed by atoms with van der Waals surface area (Å²) in [5.41, 5.74) is 2.34. The zero-order chi connectivity index (χ0) is 25.2. The molecule has 2 N–H and O–H groups in total. The Kier molecular flexibility index (Phi) is 9.85. The predicted molar refractivity (Wildman–Crippen MR) is 133 cm³/mol. The first-order valence-corrected chi connectivity index (χ1v) is 12.3. The third-order valence-corrected chi connectivity index (χ3v) is 6.18. The number of rotatable bonds is 11. The maximum Gasteiger partial charge on any atom is 0.247 e. The van der Waals surface area contributed by atoms with E-state index >= 15 is 0 Å². The summed E-state index contributed by atoms with van der Waals surface area (Å²) in [5.74, 6) is 0.136. The number of benzene rings is 2. The second kappa shape index (κ2) is 13.0. The number of para-hydroxylation sites is 1. The predicted octanol–water partition coefficient (Wildman–Crippen LogP) is 4.30. The van der Waals surface area contributed by atoms with E-state index in [1.54, 1.807) is 12.1 Å². The molecule has 2 amide bonds. The molecule has 188 valence electrons. The molecule has 1 aliphatic rings. The Morgan fingerprint density at radius 1 is 1.17 bits per heavy atom. The number of carbonyl (C=O) groups is 2. The molecule has 2 atom stereocenters. The van der Waals surface area contributed by atoms with E-state index in [9.17, 15) is 14.0 Å². The van der Waals surface area contributed by atoms with Crippen LogP contribution in [0.4, 0.5) is 4.39 Å². The van der Waals surface area contributed by atoms with E-state index in [2.05, 4.69) is 5.32 Å². The summed E-state index contributed by atoms with van der Waals surface area (Å²) >= 11 is 0. The van der Waals surface area contributed by atoms with Crippen molar-refractivity contribution in [2.45, 2.75) is 64.6 Å². The van der Waals surface area contributed by atoms with Crippen LogP contribution < -0.4 is 10.1 Å². The number of hydrogen-bond acceptors (Lipinski definition) is 4. The standard InChI is InChI=1S/C28H35FN2O4/c1-3-4-9-27(33)31(19-21-10-12-23(29)13-11-21)24-16-22(28(34)30-14-15-32)17-25(18-24)35-26-8-6-5-7-20(26)2/h5-8,10-13,17,24-25,32H,3-4,9,14-16,18-19H2,1-2H3,(H,30,34). The number of hydrogen-bond donors (Lipinski definition) is 2. The van der Waals surface area contributed by atoms with Gasteiger partial charge in [-0.2, -0.15) is 0 Å². The minimum absolute atomic E-state index is 0.00725. The van der Waals surface area contributed by atoms with Crippen LogP contribution in [0, 0.1) is 12.7 Å². The SMILES string of the molecule is CCCCC(=O)N(Cc1ccc(F)cc1)C1CC(C(=O)NCCO)=CC(Oc2ccccc2C)C1. The number of unbranched alkanes of at least 4 members (excludes halogenated alkanes) is 1. The van der Waals surface area contributed by atoms with Gasteiger partial charge >= 0.3 is 0 Å². The fourth-order valence-corrected chi connectivity index (χ4v) is 4.27. The highest BCUT2D eigenvalue weighted by Crippen LogP contribution is 2.30. The Labute approximate surface area is 206 Å². The van der Waals surface area contributed by atoms with Gasteiger partial charge in [0.2, 0.25) is 11.8 Å². The molecule has 2 aromatic rings. The summed E-state index contributed by atoms with van der Waals surface area (Å²) in [4.78, 5) is 27.9. The summed E-state index contributed by atoms with van der Waals surface area (Å²) in [6, 6.07) is 13.6. The topological polar surface area (TPSA) is 78.9 Å². The van der Waals surface area contributed by atoms with Crippen molar-refractivity contribution < 1.29 is 23.8 Å². The number of aliphatic hydroxyl groups excluding tert-OH is 1. The van der Waals surface area contributed by atoms with Gasteiger partial charge in [0.25, 0.3) is 0 Å². The number of aryl methyl sites for hydroxylation is 1. The van der Waals surface area contributed by atoms with Crippen molar-refractivity contribution in [3.8, 4) is 5.75 Å². The monoisotopic (exact) mass is 482 g/mol. The molecule has 1 aliphatic carbocycles. The van der Waals surface area contributed by atoms with E-state index in [0.29, 0.717) is 31.4 Å². The third kappa shape index (κ3) is 7.65. The van der Waals surface area contributed by atoms with Gasteiger partial charge in [-0.05, 0) is 55.2 Å². The average molecular weight is 483 g/mol. The number of amides is 2. The average Bonchev–Trinajstić information content (AvgIpc) is 2.86. The molecular formula is C28H35FN2O4. The van der Waals surface area contributed by atoms with Crippen molar-refractivity contribution in [3.63, 3.8) is 0 Å². The highest BCUT2D eigenvalue weighted by molar-refractivity contribution is 5.94. The smallest absolute Gasteiger partial charge is 0.247 e. The van der Waals surface area contributed by atoms with Crippen LogP contribution in [0.15, 0.2) is 60.2 Å². The maximum absolute atomic E-state index is 13.5. The summed E-state index contributed by atoms with van der Waals surface area (Å²) in [6.07, 6.45) is 4.41. The number of carbonyl (C=O) groups excluding carboxylic acids is 2. The lowest BCUT2D eigenvalue weighted by Crippen LogP contribution is -2.45. The van der Waals surface area contributed by atoms with Crippen molar-refractivity contribution in [2.75, 3.05) is 13.2 Å². The van der Waals surface area contributed by atoms with Crippen LogP contribution in [0.2, 0.25) is 0 Å². The van der Waals surface area contributed by atoms with Gasteiger partial charge in [0.05, 0.1) is 6.61 Å². The van der Waals surface area contributed by atoms with Crippen LogP contribution in [0.3, 0.4) is 0 Å². The molecule has 2 aromatic carbocycles. The van der Waals surface area contributed by atoms with Gasteiger partial charge in [-0.1, -0.05) is 43.7 Å². The molecule has 0 aromatic heterocycles. The lowest BCUT2D eigenvalue weighted by atomic mass is 9.90. The van der Waals surface area contributed by atoms with Gasteiger partial charge in [0.1, 0.15) is 17.7 Å². The third-order valence-electron chi connectivity index (χ3n) is 6.18. The molecule has 0 bridgehead atoms. The lowest BCUT2D eigenvalue weighted by Gasteiger charge is -2.37. The first-order valence-electron chi connectivity index (χ1n) is 12.3. The van der Waals surface area contributed by atoms with Crippen molar-refractivity contribution in [3.05, 3.63) is 77.1 Å². The van der Waals surface area contributed by atoms with Crippen LogP contribution >= 0.6 is 0 Å². The highest BCUT2D eigenvalue weighted by Gasteiger charge is 2.33. The van der Waals surface area contributed by atoms with E-state index < -0.39 is 6.10 Å². The Balaban J connectivity index is 1.89. The number of nitrogens with one attached hydrogen (secondary N) is 1.